The van der Waals surface area contributed by atoms with Crippen LogP contribution in [0.5, 0.6) is 5.88 Å². The summed E-state index contributed by atoms with van der Waals surface area (Å²) in [7, 11) is 1.56. The summed E-state index contributed by atoms with van der Waals surface area (Å²) in [5, 5.41) is 3.44. The average Bonchev–Trinajstić information content (AvgIpc) is 3.85. The third kappa shape index (κ3) is 5.58. The number of fused-ring (bicyclic) bond motifs is 1. The van der Waals surface area contributed by atoms with Gasteiger partial charge < -0.3 is 15.0 Å². The molecule has 3 aromatic heterocycles. The van der Waals surface area contributed by atoms with Crippen LogP contribution in [0.15, 0.2) is 24.8 Å². The summed E-state index contributed by atoms with van der Waals surface area (Å²) in [6, 6.07) is 2.78. The molecular formula is C32H37F3N8O2. The largest absolute Gasteiger partial charge is 0.480 e. The Morgan fingerprint density at radius 1 is 0.956 bits per heavy atom. The monoisotopic (exact) mass is 622 g/mol. The van der Waals surface area contributed by atoms with Gasteiger partial charge in [-0.15, -0.1) is 0 Å². The molecule has 7 rings (SSSR count). The van der Waals surface area contributed by atoms with Gasteiger partial charge in [-0.3, -0.25) is 4.79 Å². The van der Waals surface area contributed by atoms with E-state index in [4.69, 9.17) is 9.72 Å². The zero-order valence-corrected chi connectivity index (χ0v) is 25.5. The highest BCUT2D eigenvalue weighted by Gasteiger charge is 2.56. The number of aromatic nitrogens is 6. The van der Waals surface area contributed by atoms with E-state index in [1.165, 1.54) is 12.7 Å². The zero-order valence-electron chi connectivity index (χ0n) is 25.5. The van der Waals surface area contributed by atoms with Gasteiger partial charge in [0.1, 0.15) is 23.9 Å². The van der Waals surface area contributed by atoms with Crippen LogP contribution < -0.4 is 10.1 Å². The van der Waals surface area contributed by atoms with Crippen molar-refractivity contribution in [3.8, 4) is 17.3 Å². The molecule has 4 heterocycles. The Bertz CT molecular complexity index is 1590. The molecule has 3 aromatic rings. The average molecular weight is 623 g/mol. The standard InChI is InChI=1S/C32H37F3N8O2/c1-18(44)43-13-9-19(10-14-43)21-5-6-24(32(33,34)35)41-27(21)22-7-11-31(12-8-23(22)31)15-36-30-40-17-38-28(42-30)25-26(20-3-4-20)37-16-39-29(25)45-2/h5-6,16-17,19-20,22-23H,3-4,7-15H2,1-2H3,(H,36,38,40,42). The molecule has 0 spiro atoms. The molecule has 45 heavy (non-hydrogen) atoms. The van der Waals surface area contributed by atoms with Gasteiger partial charge in [-0.2, -0.15) is 18.2 Å². The summed E-state index contributed by atoms with van der Waals surface area (Å²) in [6.07, 6.45) is 5.61. The first-order valence-electron chi connectivity index (χ1n) is 15.8. The number of nitrogens with zero attached hydrogens (tertiary/aromatic N) is 7. The molecule has 0 radical (unpaired) electrons. The maximum Gasteiger partial charge on any atom is 0.433 e. The van der Waals surface area contributed by atoms with E-state index in [0.29, 0.717) is 54.5 Å². The number of likely N-dealkylation sites (tertiary alicyclic amines) is 1. The summed E-state index contributed by atoms with van der Waals surface area (Å²) >= 11 is 0. The van der Waals surface area contributed by atoms with Crippen molar-refractivity contribution in [2.24, 2.45) is 11.3 Å². The molecule has 3 unspecified atom stereocenters. The fourth-order valence-electron chi connectivity index (χ4n) is 7.90. The molecule has 1 amide bonds. The second kappa shape index (κ2) is 11.5. The van der Waals surface area contributed by atoms with E-state index in [0.717, 1.165) is 68.7 Å². The van der Waals surface area contributed by atoms with Crippen LogP contribution in [0.25, 0.3) is 11.4 Å². The van der Waals surface area contributed by atoms with Crippen molar-refractivity contribution in [3.63, 3.8) is 0 Å². The molecule has 238 valence electrons. The van der Waals surface area contributed by atoms with Gasteiger partial charge in [-0.1, -0.05) is 6.07 Å². The van der Waals surface area contributed by atoms with Crippen molar-refractivity contribution in [1.29, 1.82) is 0 Å². The van der Waals surface area contributed by atoms with E-state index in [-0.39, 0.29) is 29.1 Å². The summed E-state index contributed by atoms with van der Waals surface area (Å²) in [6.45, 7) is 3.39. The van der Waals surface area contributed by atoms with Crippen LogP contribution in [0.3, 0.4) is 0 Å². The van der Waals surface area contributed by atoms with E-state index in [1.807, 2.05) is 4.90 Å². The van der Waals surface area contributed by atoms with Crippen LogP contribution in [0.2, 0.25) is 0 Å². The maximum absolute atomic E-state index is 13.9. The second-order valence-electron chi connectivity index (χ2n) is 13.0. The summed E-state index contributed by atoms with van der Waals surface area (Å²) in [5.74, 6) is 1.93. The van der Waals surface area contributed by atoms with Gasteiger partial charge in [-0.25, -0.2) is 24.9 Å². The number of piperidine rings is 1. The number of ether oxygens (including phenoxy) is 1. The van der Waals surface area contributed by atoms with Gasteiger partial charge in [0.15, 0.2) is 5.82 Å². The summed E-state index contributed by atoms with van der Waals surface area (Å²) in [5.41, 5.74) is 2.18. The number of anilines is 1. The first kappa shape index (κ1) is 29.8. The number of nitrogens with one attached hydrogen (secondary N) is 1. The van der Waals surface area contributed by atoms with Crippen LogP contribution in [0.4, 0.5) is 19.1 Å². The normalized spacial score (nSPS) is 25.0. The number of carbonyl (C=O) groups is 1. The number of amides is 1. The number of methoxy groups -OCH3 is 1. The lowest BCUT2D eigenvalue weighted by atomic mass is 9.59. The van der Waals surface area contributed by atoms with Gasteiger partial charge in [0.2, 0.25) is 17.7 Å². The Kier molecular flexibility index (Phi) is 7.60. The molecular weight excluding hydrogens is 585 g/mol. The van der Waals surface area contributed by atoms with Crippen LogP contribution in [0.1, 0.15) is 98.7 Å². The number of alkyl halides is 3. The summed E-state index contributed by atoms with van der Waals surface area (Å²) < 4.78 is 47.1. The van der Waals surface area contributed by atoms with Crippen LogP contribution in [0, 0.1) is 11.3 Å². The Balaban J connectivity index is 1.12. The molecule has 0 bridgehead atoms. The van der Waals surface area contributed by atoms with E-state index in [9.17, 15) is 18.0 Å². The van der Waals surface area contributed by atoms with E-state index in [2.05, 4.69) is 30.2 Å². The second-order valence-corrected chi connectivity index (χ2v) is 13.0. The maximum atomic E-state index is 13.9. The first-order valence-corrected chi connectivity index (χ1v) is 15.8. The van der Waals surface area contributed by atoms with Crippen molar-refractivity contribution in [2.75, 3.05) is 32.1 Å². The van der Waals surface area contributed by atoms with Crippen molar-refractivity contribution < 1.29 is 22.7 Å². The zero-order chi connectivity index (χ0) is 31.3. The quantitative estimate of drug-likeness (QED) is 0.335. The topological polar surface area (TPSA) is 119 Å². The third-order valence-electron chi connectivity index (χ3n) is 10.6. The van der Waals surface area contributed by atoms with Crippen LogP contribution >= 0.6 is 0 Å². The molecule has 10 nitrogen and oxygen atoms in total. The van der Waals surface area contributed by atoms with Gasteiger partial charge in [0.25, 0.3) is 0 Å². The molecule has 4 fully saturated rings. The predicted molar refractivity (Wildman–Crippen MR) is 158 cm³/mol. The van der Waals surface area contributed by atoms with Crippen molar-refractivity contribution in [1.82, 2.24) is 34.8 Å². The van der Waals surface area contributed by atoms with Gasteiger partial charge in [-0.05, 0) is 80.2 Å². The minimum Gasteiger partial charge on any atom is -0.480 e. The minimum atomic E-state index is -4.51. The molecule has 0 aromatic carbocycles. The first-order chi connectivity index (χ1) is 21.7. The van der Waals surface area contributed by atoms with E-state index < -0.39 is 11.9 Å². The van der Waals surface area contributed by atoms with Crippen LogP contribution in [-0.4, -0.2) is 67.5 Å². The molecule has 3 atom stereocenters. The highest BCUT2D eigenvalue weighted by Crippen LogP contribution is 2.63. The predicted octanol–water partition coefficient (Wildman–Crippen LogP) is 5.74. The lowest BCUT2D eigenvalue weighted by Crippen LogP contribution is -2.43. The Labute approximate surface area is 259 Å². The molecule has 1 aliphatic heterocycles. The number of hydrogen-bond donors (Lipinski definition) is 1. The van der Waals surface area contributed by atoms with Crippen molar-refractivity contribution >= 4 is 11.9 Å². The molecule has 1 saturated heterocycles. The molecule has 13 heteroatoms. The van der Waals surface area contributed by atoms with E-state index >= 15 is 0 Å². The Morgan fingerprint density at radius 2 is 1.71 bits per heavy atom. The van der Waals surface area contributed by atoms with Crippen LogP contribution in [-0.2, 0) is 11.0 Å². The SMILES string of the molecule is COc1ncnc(C2CC2)c1-c1ncnc(NCC23CCC(c4nc(C(F)(F)F)ccc4C4CCN(C(C)=O)CC4)C2CC3)n1. The summed E-state index contributed by atoms with van der Waals surface area (Å²) in [4.78, 5) is 40.3. The molecule has 3 saturated carbocycles. The fraction of sp³-hybridized carbons (Fsp3) is 0.594. The van der Waals surface area contributed by atoms with E-state index in [1.54, 1.807) is 20.1 Å². The number of rotatable bonds is 8. The van der Waals surface area contributed by atoms with Gasteiger partial charge in [0, 0.05) is 44.1 Å². The molecule has 3 aliphatic carbocycles. The van der Waals surface area contributed by atoms with Gasteiger partial charge in [0.05, 0.1) is 12.8 Å². The lowest BCUT2D eigenvalue weighted by Gasteiger charge is -2.47. The lowest BCUT2D eigenvalue weighted by molar-refractivity contribution is -0.141. The van der Waals surface area contributed by atoms with Crippen molar-refractivity contribution in [3.05, 3.63) is 47.4 Å². The molecule has 1 N–H and O–H groups in total. The number of pyridine rings is 1. The molecule has 4 aliphatic rings. The number of carbonyl (C=O) groups excluding carboxylic acids is 1. The van der Waals surface area contributed by atoms with Crippen molar-refractivity contribution in [2.45, 2.75) is 82.2 Å². The van der Waals surface area contributed by atoms with Gasteiger partial charge >= 0.3 is 6.18 Å². The Hall–Kier alpha value is -3.90. The number of hydrogen-bond acceptors (Lipinski definition) is 9. The minimum absolute atomic E-state index is 0.0339. The number of halogens is 3. The third-order valence-corrected chi connectivity index (χ3v) is 10.6. The Morgan fingerprint density at radius 3 is 2.38 bits per heavy atom. The smallest absolute Gasteiger partial charge is 0.433 e. The fourth-order valence-corrected chi connectivity index (χ4v) is 7.90. The highest BCUT2D eigenvalue weighted by molar-refractivity contribution is 5.73. The highest BCUT2D eigenvalue weighted by atomic mass is 19.4.